The highest BCUT2D eigenvalue weighted by atomic mass is 32.2. The molecule has 2 aromatic rings. The molecule has 0 aliphatic rings. The molecule has 5 heteroatoms. The standard InChI is InChI=1S/C19H23NO3S/c1-11-12(2)14(4)19(15(5)13(11)3)24(22,23)20-18-9-7-17(8-10-18)16(6)21/h7-10,20H,1-6H3. The molecule has 0 spiro atoms. The second-order valence-corrected chi connectivity index (χ2v) is 7.81. The van der Waals surface area contributed by atoms with E-state index in [0.717, 1.165) is 27.8 Å². The molecule has 0 atom stereocenters. The normalized spacial score (nSPS) is 11.4. The van der Waals surface area contributed by atoms with E-state index >= 15 is 0 Å². The summed E-state index contributed by atoms with van der Waals surface area (Å²) >= 11 is 0. The third-order valence-corrected chi connectivity index (χ3v) is 6.40. The molecule has 0 saturated carbocycles. The van der Waals surface area contributed by atoms with E-state index in [1.54, 1.807) is 24.3 Å². The van der Waals surface area contributed by atoms with Gasteiger partial charge < -0.3 is 0 Å². The lowest BCUT2D eigenvalue weighted by Gasteiger charge is -2.19. The van der Waals surface area contributed by atoms with E-state index in [1.807, 2.05) is 34.6 Å². The Morgan fingerprint density at radius 1 is 0.792 bits per heavy atom. The molecule has 24 heavy (non-hydrogen) atoms. The monoisotopic (exact) mass is 345 g/mol. The van der Waals surface area contributed by atoms with Crippen LogP contribution in [0.15, 0.2) is 29.2 Å². The fourth-order valence-electron chi connectivity index (χ4n) is 2.85. The first-order valence-electron chi connectivity index (χ1n) is 7.77. The number of sulfonamides is 1. The molecule has 0 aliphatic carbocycles. The van der Waals surface area contributed by atoms with E-state index in [0.29, 0.717) is 16.1 Å². The minimum absolute atomic E-state index is 0.0547. The summed E-state index contributed by atoms with van der Waals surface area (Å²) in [7, 11) is -3.70. The predicted molar refractivity (Wildman–Crippen MR) is 97.4 cm³/mol. The van der Waals surface area contributed by atoms with Crippen molar-refractivity contribution in [3.63, 3.8) is 0 Å². The molecule has 0 bridgehead atoms. The van der Waals surface area contributed by atoms with Gasteiger partial charge in [0, 0.05) is 11.3 Å². The van der Waals surface area contributed by atoms with Gasteiger partial charge in [-0.25, -0.2) is 8.42 Å². The van der Waals surface area contributed by atoms with E-state index < -0.39 is 10.0 Å². The van der Waals surface area contributed by atoms with Gasteiger partial charge in [-0.15, -0.1) is 0 Å². The molecule has 0 heterocycles. The summed E-state index contributed by atoms with van der Waals surface area (Å²) in [5.74, 6) is -0.0547. The van der Waals surface area contributed by atoms with Crippen LogP contribution < -0.4 is 4.72 Å². The van der Waals surface area contributed by atoms with Crippen molar-refractivity contribution in [3.8, 4) is 0 Å². The van der Waals surface area contributed by atoms with Gasteiger partial charge in [-0.05, 0) is 93.6 Å². The molecule has 4 nitrogen and oxygen atoms in total. The van der Waals surface area contributed by atoms with Crippen LogP contribution in [0, 0.1) is 34.6 Å². The predicted octanol–water partition coefficient (Wildman–Crippen LogP) is 4.23. The number of carbonyl (C=O) groups excluding carboxylic acids is 1. The van der Waals surface area contributed by atoms with Gasteiger partial charge in [0.05, 0.1) is 4.90 Å². The molecule has 2 rings (SSSR count). The van der Waals surface area contributed by atoms with Gasteiger partial charge in [0.15, 0.2) is 5.78 Å². The highest BCUT2D eigenvalue weighted by molar-refractivity contribution is 7.92. The second kappa shape index (κ2) is 6.40. The molecule has 0 amide bonds. The van der Waals surface area contributed by atoms with Crippen LogP contribution in [0.25, 0.3) is 0 Å². The first-order chi connectivity index (χ1) is 11.1. The Kier molecular flexibility index (Phi) is 4.85. The topological polar surface area (TPSA) is 63.2 Å². The number of Topliss-reactive ketones (excluding diaryl/α,β-unsaturated/α-hetero) is 1. The van der Waals surface area contributed by atoms with Gasteiger partial charge in [-0.2, -0.15) is 0 Å². The van der Waals surface area contributed by atoms with Crippen LogP contribution in [0.1, 0.15) is 45.1 Å². The summed E-state index contributed by atoms with van der Waals surface area (Å²) in [6, 6.07) is 6.44. The largest absolute Gasteiger partial charge is 0.295 e. The van der Waals surface area contributed by atoms with Crippen LogP contribution in [-0.2, 0) is 10.0 Å². The summed E-state index contributed by atoms with van der Waals surface area (Å²) in [5.41, 5.74) is 5.62. The number of benzene rings is 2. The third kappa shape index (κ3) is 3.22. The molecule has 0 radical (unpaired) electrons. The lowest BCUT2D eigenvalue weighted by atomic mass is 9.95. The fourth-order valence-corrected chi connectivity index (χ4v) is 4.51. The number of nitrogens with one attached hydrogen (secondary N) is 1. The Morgan fingerprint density at radius 3 is 1.62 bits per heavy atom. The fraction of sp³-hybridized carbons (Fsp3) is 0.316. The smallest absolute Gasteiger partial charge is 0.262 e. The summed E-state index contributed by atoms with van der Waals surface area (Å²) in [4.78, 5) is 11.7. The van der Waals surface area contributed by atoms with Crippen molar-refractivity contribution >= 4 is 21.5 Å². The minimum atomic E-state index is -3.70. The average molecular weight is 345 g/mol. The van der Waals surface area contributed by atoms with Crippen molar-refractivity contribution in [3.05, 3.63) is 57.6 Å². The zero-order valence-electron chi connectivity index (χ0n) is 14.9. The molecule has 128 valence electrons. The van der Waals surface area contributed by atoms with E-state index in [2.05, 4.69) is 4.72 Å². The van der Waals surface area contributed by atoms with Gasteiger partial charge in [0.1, 0.15) is 0 Å². The Labute approximate surface area is 144 Å². The summed E-state index contributed by atoms with van der Waals surface area (Å²) in [6.07, 6.45) is 0. The van der Waals surface area contributed by atoms with E-state index in [-0.39, 0.29) is 5.78 Å². The Morgan fingerprint density at radius 2 is 1.21 bits per heavy atom. The van der Waals surface area contributed by atoms with Crippen molar-refractivity contribution in [1.29, 1.82) is 0 Å². The number of anilines is 1. The van der Waals surface area contributed by atoms with Gasteiger partial charge >= 0.3 is 0 Å². The van der Waals surface area contributed by atoms with Crippen molar-refractivity contribution in [2.24, 2.45) is 0 Å². The van der Waals surface area contributed by atoms with Crippen LogP contribution in [0.2, 0.25) is 0 Å². The van der Waals surface area contributed by atoms with Gasteiger partial charge in [-0.3, -0.25) is 9.52 Å². The number of ketones is 1. The molecule has 0 aliphatic heterocycles. The van der Waals surface area contributed by atoms with Gasteiger partial charge in [-0.1, -0.05) is 0 Å². The lowest BCUT2D eigenvalue weighted by Crippen LogP contribution is -2.17. The zero-order chi connectivity index (χ0) is 18.2. The summed E-state index contributed by atoms with van der Waals surface area (Å²) in [5, 5.41) is 0. The molecule has 0 fully saturated rings. The van der Waals surface area contributed by atoms with Crippen molar-refractivity contribution in [1.82, 2.24) is 0 Å². The summed E-state index contributed by atoms with van der Waals surface area (Å²) in [6.45, 7) is 11.0. The minimum Gasteiger partial charge on any atom is -0.295 e. The van der Waals surface area contributed by atoms with Crippen LogP contribution in [0.4, 0.5) is 5.69 Å². The van der Waals surface area contributed by atoms with E-state index in [9.17, 15) is 13.2 Å². The molecule has 0 unspecified atom stereocenters. The first-order valence-corrected chi connectivity index (χ1v) is 9.25. The van der Waals surface area contributed by atoms with Gasteiger partial charge in [0.25, 0.3) is 10.0 Å². The molecule has 0 saturated heterocycles. The van der Waals surface area contributed by atoms with Crippen molar-refractivity contribution in [2.75, 3.05) is 4.72 Å². The first kappa shape index (κ1) is 18.2. The Balaban J connectivity index is 2.50. The lowest BCUT2D eigenvalue weighted by molar-refractivity contribution is 0.101. The molecule has 0 aromatic heterocycles. The average Bonchev–Trinajstić information content (AvgIpc) is 2.51. The van der Waals surface area contributed by atoms with E-state index in [1.165, 1.54) is 6.92 Å². The molecule has 1 N–H and O–H groups in total. The van der Waals surface area contributed by atoms with E-state index in [4.69, 9.17) is 0 Å². The number of hydrogen-bond donors (Lipinski definition) is 1. The molecule has 2 aromatic carbocycles. The zero-order valence-corrected chi connectivity index (χ0v) is 15.8. The van der Waals surface area contributed by atoms with Crippen LogP contribution in [0.3, 0.4) is 0 Å². The maximum Gasteiger partial charge on any atom is 0.262 e. The Hall–Kier alpha value is -2.14. The highest BCUT2D eigenvalue weighted by Gasteiger charge is 2.23. The third-order valence-electron chi connectivity index (χ3n) is 4.74. The second-order valence-electron chi connectivity index (χ2n) is 6.19. The van der Waals surface area contributed by atoms with Crippen molar-refractivity contribution < 1.29 is 13.2 Å². The van der Waals surface area contributed by atoms with Crippen LogP contribution in [-0.4, -0.2) is 14.2 Å². The number of rotatable bonds is 4. The maximum atomic E-state index is 12.9. The van der Waals surface area contributed by atoms with Crippen molar-refractivity contribution in [2.45, 2.75) is 46.4 Å². The molecular weight excluding hydrogens is 322 g/mol. The maximum absolute atomic E-state index is 12.9. The SMILES string of the molecule is CC(=O)c1ccc(NS(=O)(=O)c2c(C)c(C)c(C)c(C)c2C)cc1. The molecular formula is C19H23NO3S. The van der Waals surface area contributed by atoms with Crippen LogP contribution >= 0.6 is 0 Å². The quantitative estimate of drug-likeness (QED) is 0.843. The highest BCUT2D eigenvalue weighted by Crippen LogP contribution is 2.30. The number of hydrogen-bond acceptors (Lipinski definition) is 3. The van der Waals surface area contributed by atoms with Crippen LogP contribution in [0.5, 0.6) is 0 Å². The number of carbonyl (C=O) groups is 1. The van der Waals surface area contributed by atoms with Gasteiger partial charge in [0.2, 0.25) is 0 Å². The Bertz CT molecular complexity index is 882. The summed E-state index contributed by atoms with van der Waals surface area (Å²) < 4.78 is 28.4.